The van der Waals surface area contributed by atoms with Crippen molar-refractivity contribution in [3.05, 3.63) is 60.2 Å². The van der Waals surface area contributed by atoms with Gasteiger partial charge < -0.3 is 0 Å². The first-order valence-electron chi connectivity index (χ1n) is 6.80. The monoisotopic (exact) mass is 289 g/mol. The molecule has 2 rings (SSSR count). The van der Waals surface area contributed by atoms with Crippen molar-refractivity contribution in [3.8, 4) is 0 Å². The lowest BCUT2D eigenvalue weighted by molar-refractivity contribution is 1.47. The molecule has 0 saturated heterocycles. The lowest BCUT2D eigenvalue weighted by Gasteiger charge is -2.21. The minimum absolute atomic E-state index is 0.00210. The Bertz CT molecular complexity index is 608. The highest BCUT2D eigenvalue weighted by atomic mass is 31.8. The molecule has 0 heterocycles. The minimum Gasteiger partial charge on any atom is -0.0622 e. The highest BCUT2D eigenvalue weighted by Gasteiger charge is 2.30. The Labute approximate surface area is 118 Å². The van der Waals surface area contributed by atoms with E-state index in [1.807, 2.05) is 0 Å². The van der Waals surface area contributed by atoms with Crippen molar-refractivity contribution < 1.29 is 0 Å². The van der Waals surface area contributed by atoms with Gasteiger partial charge in [0.25, 0.3) is 0 Å². The fourth-order valence-corrected chi connectivity index (χ4v) is 12.0. The van der Waals surface area contributed by atoms with Gasteiger partial charge in [0.15, 0.2) is 0 Å². The molecular formula is C17H23P2+. The largest absolute Gasteiger partial charge is 0.105 e. The summed E-state index contributed by atoms with van der Waals surface area (Å²) < 4.78 is 0. The van der Waals surface area contributed by atoms with Gasteiger partial charge in [-0.05, 0) is 13.0 Å². The SMILES string of the molecule is CCP(c1ccccc1)(c1cccc(C)c1)=[P+](C)C. The molecule has 0 bridgehead atoms. The first-order valence-corrected chi connectivity index (χ1v) is 11.7. The molecule has 0 fully saturated rings. The van der Waals surface area contributed by atoms with Gasteiger partial charge in [-0.2, -0.15) is 0 Å². The van der Waals surface area contributed by atoms with Crippen molar-refractivity contribution >= 4 is 24.4 Å². The third-order valence-corrected chi connectivity index (χ3v) is 14.6. The Balaban J connectivity index is 2.78. The topological polar surface area (TPSA) is 0 Å². The van der Waals surface area contributed by atoms with Crippen molar-refractivity contribution in [1.82, 2.24) is 0 Å². The predicted molar refractivity (Wildman–Crippen MR) is 93.1 cm³/mol. The second-order valence-electron chi connectivity index (χ2n) is 5.11. The number of aryl methyl sites for hydroxylation is 1. The van der Waals surface area contributed by atoms with Crippen LogP contribution in [0.4, 0.5) is 0 Å². The summed E-state index contributed by atoms with van der Waals surface area (Å²) in [7, 11) is -0.00210. The Morgan fingerprint density at radius 3 is 2.05 bits per heavy atom. The molecule has 19 heavy (non-hydrogen) atoms. The van der Waals surface area contributed by atoms with Crippen molar-refractivity contribution in [3.63, 3.8) is 0 Å². The first-order chi connectivity index (χ1) is 9.11. The van der Waals surface area contributed by atoms with Crippen molar-refractivity contribution in [1.29, 1.82) is 0 Å². The van der Waals surface area contributed by atoms with E-state index in [0.717, 1.165) is 0 Å². The number of rotatable bonds is 3. The van der Waals surface area contributed by atoms with Crippen LogP contribution in [-0.2, 0) is 0 Å². The molecule has 0 amide bonds. The van der Waals surface area contributed by atoms with E-state index in [0.29, 0.717) is 0 Å². The van der Waals surface area contributed by atoms with E-state index >= 15 is 0 Å². The number of hydrogen-bond donors (Lipinski definition) is 0. The summed E-state index contributed by atoms with van der Waals surface area (Å²) in [6.45, 7) is 8.24. The summed E-state index contributed by atoms with van der Waals surface area (Å²) in [5, 5.41) is 3.15. The van der Waals surface area contributed by atoms with Crippen molar-refractivity contribution in [2.75, 3.05) is 19.5 Å². The summed E-state index contributed by atoms with van der Waals surface area (Å²) in [4.78, 5) is 0. The third kappa shape index (κ3) is 2.71. The van der Waals surface area contributed by atoms with Crippen LogP contribution in [0.25, 0.3) is 0 Å². The fourth-order valence-electron chi connectivity index (χ4n) is 2.79. The summed E-state index contributed by atoms with van der Waals surface area (Å²) in [6.07, 6.45) is 1.26. The maximum atomic E-state index is 2.45. The zero-order valence-electron chi connectivity index (χ0n) is 12.3. The molecule has 0 saturated carbocycles. The fraction of sp³-hybridized carbons (Fsp3) is 0.294. The standard InChI is InChI=1S/C17H23P2/c1-5-19(18(3)4,16-11-7-6-8-12-16)17-13-9-10-15(2)14-17/h6-14H,5H2,1-4H3/q+1. The molecule has 1 unspecified atom stereocenters. The highest BCUT2D eigenvalue weighted by molar-refractivity contribution is 8.19. The van der Waals surface area contributed by atoms with Crippen LogP contribution in [0.3, 0.4) is 0 Å². The predicted octanol–water partition coefficient (Wildman–Crippen LogP) is 4.64. The molecule has 0 radical (unpaired) electrons. The Morgan fingerprint density at radius 1 is 0.895 bits per heavy atom. The molecule has 0 aliphatic rings. The summed E-state index contributed by atoms with van der Waals surface area (Å²) in [5.41, 5.74) is 1.38. The van der Waals surface area contributed by atoms with Crippen LogP contribution >= 0.6 is 13.8 Å². The molecule has 0 aromatic heterocycles. The zero-order valence-corrected chi connectivity index (χ0v) is 14.1. The van der Waals surface area contributed by atoms with Gasteiger partial charge >= 0.3 is 0 Å². The van der Waals surface area contributed by atoms with Gasteiger partial charge in [-0.1, -0.05) is 61.0 Å². The Hall–Kier alpha value is -0.830. The van der Waals surface area contributed by atoms with Crippen molar-refractivity contribution in [2.45, 2.75) is 13.8 Å². The van der Waals surface area contributed by atoms with Crippen LogP contribution in [0.15, 0.2) is 54.6 Å². The number of hydrogen-bond acceptors (Lipinski definition) is 0. The van der Waals surface area contributed by atoms with Gasteiger partial charge in [0.05, 0.1) is 20.5 Å². The van der Waals surface area contributed by atoms with Crippen LogP contribution < -0.4 is 10.6 Å². The molecule has 100 valence electrons. The molecule has 0 aliphatic carbocycles. The molecular weight excluding hydrogens is 266 g/mol. The minimum atomic E-state index is -1.22. The average molecular weight is 289 g/mol. The van der Waals surface area contributed by atoms with E-state index in [1.165, 1.54) is 11.7 Å². The Kier molecular flexibility index (Phi) is 4.67. The second kappa shape index (κ2) is 6.08. The highest BCUT2D eigenvalue weighted by Crippen LogP contribution is 2.59. The van der Waals surface area contributed by atoms with Gasteiger partial charge in [0.2, 0.25) is 0 Å². The maximum Gasteiger partial charge on any atom is 0.105 e. The van der Waals surface area contributed by atoms with Crippen LogP contribution in [0.1, 0.15) is 12.5 Å². The molecule has 0 nitrogen and oxygen atoms in total. The van der Waals surface area contributed by atoms with Gasteiger partial charge in [-0.15, -0.1) is 0 Å². The van der Waals surface area contributed by atoms with Crippen LogP contribution in [0.2, 0.25) is 0 Å². The van der Waals surface area contributed by atoms with Gasteiger partial charge in [-0.25, -0.2) is 0 Å². The number of benzene rings is 2. The molecule has 0 N–H and O–H groups in total. The summed E-state index contributed by atoms with van der Waals surface area (Å²) >= 11 is 0. The smallest absolute Gasteiger partial charge is 0.0622 e. The maximum absolute atomic E-state index is 2.45. The van der Waals surface area contributed by atoms with Crippen molar-refractivity contribution in [2.24, 2.45) is 0 Å². The molecule has 0 spiro atoms. The van der Waals surface area contributed by atoms with E-state index in [-0.39, 0.29) is 7.21 Å². The summed E-state index contributed by atoms with van der Waals surface area (Å²) in [5.74, 6) is 0. The van der Waals surface area contributed by atoms with Gasteiger partial charge in [0.1, 0.15) is 6.55 Å². The van der Waals surface area contributed by atoms with E-state index in [4.69, 9.17) is 0 Å². The van der Waals surface area contributed by atoms with Gasteiger partial charge in [0, 0.05) is 16.8 Å². The van der Waals surface area contributed by atoms with Crippen LogP contribution in [0.5, 0.6) is 0 Å². The molecule has 2 heteroatoms. The van der Waals surface area contributed by atoms with Gasteiger partial charge in [-0.3, -0.25) is 0 Å². The zero-order chi connectivity index (χ0) is 13.9. The Morgan fingerprint density at radius 2 is 1.53 bits per heavy atom. The average Bonchev–Trinajstić information content (AvgIpc) is 2.41. The van der Waals surface area contributed by atoms with E-state index < -0.39 is 6.55 Å². The van der Waals surface area contributed by atoms with Crippen LogP contribution in [-0.4, -0.2) is 19.5 Å². The van der Waals surface area contributed by atoms with E-state index in [1.54, 1.807) is 10.6 Å². The first kappa shape index (κ1) is 14.6. The molecule has 1 atom stereocenters. The third-order valence-electron chi connectivity index (χ3n) is 3.75. The molecule has 2 aromatic rings. The quantitative estimate of drug-likeness (QED) is 0.722. The molecule has 0 aliphatic heterocycles. The van der Waals surface area contributed by atoms with E-state index in [2.05, 4.69) is 81.8 Å². The van der Waals surface area contributed by atoms with Crippen LogP contribution in [0, 0.1) is 6.92 Å². The molecule has 2 aromatic carbocycles. The van der Waals surface area contributed by atoms with E-state index in [9.17, 15) is 0 Å². The second-order valence-corrected chi connectivity index (χ2v) is 14.5. The normalized spacial score (nSPS) is 13.9. The summed E-state index contributed by atoms with van der Waals surface area (Å²) in [6, 6.07) is 20.3. The lowest BCUT2D eigenvalue weighted by Crippen LogP contribution is -2.17. The lowest BCUT2D eigenvalue weighted by atomic mass is 10.2.